The van der Waals surface area contributed by atoms with Crippen molar-refractivity contribution in [2.75, 3.05) is 12.3 Å². The number of carbonyl (C=O) groups is 1. The molecular weight excluding hydrogens is 356 g/mol. The van der Waals surface area contributed by atoms with Crippen LogP contribution >= 0.6 is 11.8 Å². The van der Waals surface area contributed by atoms with Crippen molar-refractivity contribution >= 4 is 17.7 Å². The molecule has 1 aromatic carbocycles. The molecule has 1 amide bonds. The van der Waals surface area contributed by atoms with Crippen molar-refractivity contribution in [2.24, 2.45) is 10.8 Å². The van der Waals surface area contributed by atoms with Gasteiger partial charge in [-0.2, -0.15) is 0 Å². The Hall–Kier alpha value is -1.82. The summed E-state index contributed by atoms with van der Waals surface area (Å²) in [5, 5.41) is 9.30. The topological polar surface area (TPSA) is 51.0 Å². The van der Waals surface area contributed by atoms with Crippen molar-refractivity contribution in [3.63, 3.8) is 0 Å². The van der Waals surface area contributed by atoms with Crippen LogP contribution < -0.4 is 0 Å². The molecule has 1 aromatic heterocycles. The van der Waals surface area contributed by atoms with E-state index in [1.54, 1.807) is 0 Å². The number of benzene rings is 1. The molecule has 6 heteroatoms. The number of fused-ring (bicyclic) bond motifs is 2. The van der Waals surface area contributed by atoms with E-state index >= 15 is 0 Å². The van der Waals surface area contributed by atoms with Gasteiger partial charge in [-0.3, -0.25) is 9.36 Å². The Labute approximate surface area is 165 Å². The summed E-state index contributed by atoms with van der Waals surface area (Å²) in [5.74, 6) is 1.48. The molecule has 2 aliphatic rings. The Morgan fingerprint density at radius 2 is 1.93 bits per heavy atom. The average Bonchev–Trinajstić information content (AvgIpc) is 3.09. The van der Waals surface area contributed by atoms with Crippen LogP contribution in [0, 0.1) is 17.8 Å². The van der Waals surface area contributed by atoms with Gasteiger partial charge in [0, 0.05) is 18.3 Å². The minimum absolute atomic E-state index is 0.228. The fraction of sp³-hybridized carbons (Fsp3) is 0.571. The van der Waals surface area contributed by atoms with Crippen molar-refractivity contribution in [1.29, 1.82) is 0 Å². The molecule has 1 saturated heterocycles. The molecule has 2 heterocycles. The van der Waals surface area contributed by atoms with Gasteiger partial charge >= 0.3 is 0 Å². The zero-order chi connectivity index (χ0) is 19.2. The summed E-state index contributed by atoms with van der Waals surface area (Å²) in [6.45, 7) is 9.86. The molecule has 0 N–H and O–H groups in total. The minimum atomic E-state index is 0.228. The highest BCUT2D eigenvalue weighted by Crippen LogP contribution is 2.52. The van der Waals surface area contributed by atoms with E-state index in [-0.39, 0.29) is 11.3 Å². The number of hydrogen-bond acceptors (Lipinski definition) is 4. The third kappa shape index (κ3) is 3.64. The second-order valence-electron chi connectivity index (χ2n) is 9.22. The summed E-state index contributed by atoms with van der Waals surface area (Å²) in [6, 6.07) is 10.5. The van der Waals surface area contributed by atoms with E-state index in [0.29, 0.717) is 17.2 Å². The largest absolute Gasteiger partial charge is 0.338 e. The number of thioether (sulfide) groups is 1. The van der Waals surface area contributed by atoms with Gasteiger partial charge in [-0.05, 0) is 49.1 Å². The van der Waals surface area contributed by atoms with E-state index < -0.39 is 0 Å². The second-order valence-corrected chi connectivity index (χ2v) is 10.2. The fourth-order valence-electron chi connectivity index (χ4n) is 5.27. The second kappa shape index (κ2) is 6.66. The van der Waals surface area contributed by atoms with Crippen LogP contribution in [0.5, 0.6) is 0 Å². The van der Waals surface area contributed by atoms with Gasteiger partial charge in [0.25, 0.3) is 0 Å². The van der Waals surface area contributed by atoms with Crippen molar-refractivity contribution in [2.45, 2.75) is 58.2 Å². The van der Waals surface area contributed by atoms with Crippen molar-refractivity contribution in [1.82, 2.24) is 19.7 Å². The van der Waals surface area contributed by atoms with Crippen molar-refractivity contribution in [3.05, 3.63) is 36.2 Å². The lowest BCUT2D eigenvalue weighted by Crippen LogP contribution is -2.38. The summed E-state index contributed by atoms with van der Waals surface area (Å²) in [5.41, 5.74) is 1.62. The summed E-state index contributed by atoms with van der Waals surface area (Å²) in [6.07, 6.45) is 3.46. The highest BCUT2D eigenvalue weighted by Gasteiger charge is 2.50. The van der Waals surface area contributed by atoms with E-state index in [0.717, 1.165) is 36.1 Å². The molecule has 1 aliphatic carbocycles. The van der Waals surface area contributed by atoms with E-state index in [9.17, 15) is 4.79 Å². The standard InChI is InChI=1S/C21H28N4OS/c1-15-22-23-19(25(15)16-8-6-5-7-9-16)27-12-18(26)24-14-21(4)11-17(24)10-20(2,3)13-21/h5-9,17H,10-14H2,1-4H3/t17-,21+/m1/s1. The first-order valence-electron chi connectivity index (χ1n) is 9.66. The number of para-hydroxylation sites is 1. The number of amides is 1. The quantitative estimate of drug-likeness (QED) is 0.745. The highest BCUT2D eigenvalue weighted by atomic mass is 32.2. The predicted octanol–water partition coefficient (Wildman–Crippen LogP) is 4.10. The Bertz CT molecular complexity index is 847. The molecule has 2 fully saturated rings. The predicted molar refractivity (Wildman–Crippen MR) is 108 cm³/mol. The maximum Gasteiger partial charge on any atom is 0.233 e. The van der Waals surface area contributed by atoms with Gasteiger partial charge in [0.2, 0.25) is 5.91 Å². The molecule has 2 atom stereocenters. The first-order chi connectivity index (χ1) is 12.8. The number of aryl methyl sites for hydroxylation is 1. The first-order valence-corrected chi connectivity index (χ1v) is 10.6. The summed E-state index contributed by atoms with van der Waals surface area (Å²) >= 11 is 1.49. The van der Waals surface area contributed by atoms with Crippen molar-refractivity contribution in [3.8, 4) is 5.69 Å². The molecule has 27 heavy (non-hydrogen) atoms. The van der Waals surface area contributed by atoms with Gasteiger partial charge in [-0.1, -0.05) is 50.7 Å². The van der Waals surface area contributed by atoms with Crippen LogP contribution in [0.4, 0.5) is 0 Å². The van der Waals surface area contributed by atoms with Crippen LogP contribution in [0.2, 0.25) is 0 Å². The Morgan fingerprint density at radius 1 is 1.19 bits per heavy atom. The number of carbonyl (C=O) groups excluding carboxylic acids is 1. The van der Waals surface area contributed by atoms with E-state index in [1.807, 2.05) is 41.8 Å². The fourth-order valence-corrected chi connectivity index (χ4v) is 6.16. The Morgan fingerprint density at radius 3 is 2.67 bits per heavy atom. The zero-order valence-corrected chi connectivity index (χ0v) is 17.4. The maximum atomic E-state index is 13.0. The molecule has 0 unspecified atom stereocenters. The SMILES string of the molecule is Cc1nnc(SCC(=O)N2C[C@@]3(C)C[C@H]2CC(C)(C)C3)n1-c1ccccc1. The van der Waals surface area contributed by atoms with Gasteiger partial charge in [-0.15, -0.1) is 10.2 Å². The van der Waals surface area contributed by atoms with Crippen LogP contribution in [-0.2, 0) is 4.79 Å². The molecule has 0 radical (unpaired) electrons. The van der Waals surface area contributed by atoms with Crippen LogP contribution in [0.1, 0.15) is 45.9 Å². The summed E-state index contributed by atoms with van der Waals surface area (Å²) in [7, 11) is 0. The molecule has 1 saturated carbocycles. The van der Waals surface area contributed by atoms with Crippen LogP contribution in [0.25, 0.3) is 5.69 Å². The number of hydrogen-bond donors (Lipinski definition) is 0. The third-order valence-corrected chi connectivity index (χ3v) is 6.78. The number of nitrogens with zero attached hydrogens (tertiary/aromatic N) is 4. The van der Waals surface area contributed by atoms with Gasteiger partial charge in [0.15, 0.2) is 5.16 Å². The van der Waals surface area contributed by atoms with E-state index in [4.69, 9.17) is 0 Å². The lowest BCUT2D eigenvalue weighted by Gasteiger charge is -2.39. The molecule has 5 nitrogen and oxygen atoms in total. The monoisotopic (exact) mass is 384 g/mol. The zero-order valence-electron chi connectivity index (χ0n) is 16.6. The molecule has 4 rings (SSSR count). The molecule has 2 bridgehead atoms. The van der Waals surface area contributed by atoms with Crippen LogP contribution in [-0.4, -0.2) is 43.9 Å². The van der Waals surface area contributed by atoms with Crippen molar-refractivity contribution < 1.29 is 4.79 Å². The highest BCUT2D eigenvalue weighted by molar-refractivity contribution is 7.99. The number of rotatable bonds is 4. The van der Waals surface area contributed by atoms with Gasteiger partial charge in [0.1, 0.15) is 5.82 Å². The number of likely N-dealkylation sites (tertiary alicyclic amines) is 1. The lowest BCUT2D eigenvalue weighted by molar-refractivity contribution is -0.129. The molecule has 2 aromatic rings. The molecule has 1 aliphatic heterocycles. The molecule has 0 spiro atoms. The average molecular weight is 385 g/mol. The van der Waals surface area contributed by atoms with Gasteiger partial charge < -0.3 is 4.90 Å². The van der Waals surface area contributed by atoms with Crippen LogP contribution in [0.15, 0.2) is 35.5 Å². The van der Waals surface area contributed by atoms with E-state index in [2.05, 4.69) is 35.9 Å². The normalized spacial score (nSPS) is 26.4. The lowest BCUT2D eigenvalue weighted by atomic mass is 9.65. The van der Waals surface area contributed by atoms with Gasteiger partial charge in [0.05, 0.1) is 5.75 Å². The van der Waals surface area contributed by atoms with E-state index in [1.165, 1.54) is 18.2 Å². The van der Waals surface area contributed by atoms with Crippen LogP contribution in [0.3, 0.4) is 0 Å². The third-order valence-electron chi connectivity index (χ3n) is 5.87. The number of aromatic nitrogens is 3. The summed E-state index contributed by atoms with van der Waals surface area (Å²) < 4.78 is 2.02. The maximum absolute atomic E-state index is 13.0. The van der Waals surface area contributed by atoms with Gasteiger partial charge in [-0.25, -0.2) is 0 Å². The smallest absolute Gasteiger partial charge is 0.233 e. The Kier molecular flexibility index (Phi) is 4.57. The molecular formula is C21H28N4OS. The first kappa shape index (κ1) is 18.5. The minimum Gasteiger partial charge on any atom is -0.338 e. The molecule has 144 valence electrons. The Balaban J connectivity index is 1.47. The summed E-state index contributed by atoms with van der Waals surface area (Å²) in [4.78, 5) is 15.2.